The minimum atomic E-state index is -0.757. The molecule has 2 aromatic heterocycles. The summed E-state index contributed by atoms with van der Waals surface area (Å²) in [5.41, 5.74) is 0.0536. The van der Waals surface area contributed by atoms with Gasteiger partial charge in [-0.2, -0.15) is 0 Å². The van der Waals surface area contributed by atoms with Gasteiger partial charge in [0.05, 0.1) is 12.2 Å². The number of carbonyl (C=O) groups excluding carboxylic acids is 2. The van der Waals surface area contributed by atoms with Gasteiger partial charge in [-0.25, -0.2) is 4.98 Å². The monoisotopic (exact) mass is 306 g/mol. The second-order valence-corrected chi connectivity index (χ2v) is 6.20. The molecule has 0 atom stereocenters. The lowest BCUT2D eigenvalue weighted by Gasteiger charge is -2.40. The second-order valence-electron chi connectivity index (χ2n) is 5.32. The number of fused-ring (bicyclic) bond motifs is 1. The van der Waals surface area contributed by atoms with Gasteiger partial charge in [-0.3, -0.25) is 14.0 Å². The van der Waals surface area contributed by atoms with Crippen LogP contribution in [-0.4, -0.2) is 38.2 Å². The van der Waals surface area contributed by atoms with Gasteiger partial charge in [0.15, 0.2) is 4.96 Å². The van der Waals surface area contributed by atoms with Crippen molar-refractivity contribution >= 4 is 28.1 Å². The van der Waals surface area contributed by atoms with E-state index < -0.39 is 5.54 Å². The van der Waals surface area contributed by atoms with Crippen LogP contribution in [0, 0.1) is 0 Å². The molecule has 7 heteroatoms. The Balaban J connectivity index is 1.85. The average molecular weight is 306 g/mol. The second kappa shape index (κ2) is 5.14. The maximum absolute atomic E-state index is 12.7. The first-order chi connectivity index (χ1) is 10.1. The molecule has 2 amide bonds. The fraction of sp³-hybridized carbons (Fsp3) is 0.500. The standard InChI is InChI=1S/C14H18N4O2S/c1-3-14(4-2)12(20)18(9-11(19)16-14)8-10-7-17-5-6-21-13(17)15-10/h5-7H,3-4,8-9H2,1-2H3,(H,16,19). The Bertz CT molecular complexity index is 658. The molecule has 1 aliphatic rings. The fourth-order valence-corrected chi connectivity index (χ4v) is 3.53. The minimum Gasteiger partial charge on any atom is -0.340 e. The summed E-state index contributed by atoms with van der Waals surface area (Å²) in [6.07, 6.45) is 5.04. The largest absolute Gasteiger partial charge is 0.340 e. The molecule has 0 saturated carbocycles. The van der Waals surface area contributed by atoms with Crippen molar-refractivity contribution in [3.05, 3.63) is 23.5 Å². The molecule has 3 heterocycles. The predicted octanol–water partition coefficient (Wildman–Crippen LogP) is 1.41. The van der Waals surface area contributed by atoms with Crippen LogP contribution in [0.1, 0.15) is 32.4 Å². The molecule has 0 unspecified atom stereocenters. The van der Waals surface area contributed by atoms with Gasteiger partial charge in [-0.05, 0) is 12.8 Å². The summed E-state index contributed by atoms with van der Waals surface area (Å²) in [4.78, 5) is 31.6. The third-order valence-electron chi connectivity index (χ3n) is 4.11. The van der Waals surface area contributed by atoms with Gasteiger partial charge < -0.3 is 10.2 Å². The molecule has 0 aliphatic carbocycles. The van der Waals surface area contributed by atoms with Crippen molar-refractivity contribution in [2.45, 2.75) is 38.8 Å². The Hall–Kier alpha value is -1.89. The molecule has 112 valence electrons. The summed E-state index contributed by atoms with van der Waals surface area (Å²) in [7, 11) is 0. The van der Waals surface area contributed by atoms with Gasteiger partial charge >= 0.3 is 0 Å². The van der Waals surface area contributed by atoms with Crippen molar-refractivity contribution in [3.8, 4) is 0 Å². The van der Waals surface area contributed by atoms with E-state index in [4.69, 9.17) is 0 Å². The topological polar surface area (TPSA) is 66.7 Å². The Kier molecular flexibility index (Phi) is 3.44. The normalized spacial score (nSPS) is 18.3. The van der Waals surface area contributed by atoms with Gasteiger partial charge in [0.2, 0.25) is 11.8 Å². The van der Waals surface area contributed by atoms with E-state index in [9.17, 15) is 9.59 Å². The highest BCUT2D eigenvalue weighted by atomic mass is 32.1. The van der Waals surface area contributed by atoms with Gasteiger partial charge in [0.1, 0.15) is 12.1 Å². The maximum Gasteiger partial charge on any atom is 0.249 e. The summed E-state index contributed by atoms with van der Waals surface area (Å²) < 4.78 is 1.93. The number of piperazine rings is 1. The highest BCUT2D eigenvalue weighted by Gasteiger charge is 2.44. The lowest BCUT2D eigenvalue weighted by molar-refractivity contribution is -0.151. The highest BCUT2D eigenvalue weighted by Crippen LogP contribution is 2.23. The zero-order chi connectivity index (χ0) is 15.0. The first-order valence-corrected chi connectivity index (χ1v) is 7.97. The number of amides is 2. The van der Waals surface area contributed by atoms with E-state index in [-0.39, 0.29) is 18.4 Å². The Morgan fingerprint density at radius 3 is 2.81 bits per heavy atom. The van der Waals surface area contributed by atoms with Crippen molar-refractivity contribution in [2.24, 2.45) is 0 Å². The zero-order valence-electron chi connectivity index (χ0n) is 12.1. The van der Waals surface area contributed by atoms with Gasteiger partial charge in [-0.15, -0.1) is 11.3 Å². The van der Waals surface area contributed by atoms with Crippen LogP contribution >= 0.6 is 11.3 Å². The summed E-state index contributed by atoms with van der Waals surface area (Å²) in [6.45, 7) is 4.34. The Labute approximate surface area is 126 Å². The number of imidazole rings is 1. The third-order valence-corrected chi connectivity index (χ3v) is 4.88. The maximum atomic E-state index is 12.7. The van der Waals surface area contributed by atoms with Gasteiger partial charge in [0, 0.05) is 17.8 Å². The van der Waals surface area contributed by atoms with Gasteiger partial charge in [-0.1, -0.05) is 13.8 Å². The number of hydrogen-bond donors (Lipinski definition) is 1. The van der Waals surface area contributed by atoms with E-state index in [2.05, 4.69) is 10.3 Å². The molecular formula is C14H18N4O2S. The van der Waals surface area contributed by atoms with Crippen LogP contribution in [0.15, 0.2) is 17.8 Å². The molecule has 0 bridgehead atoms. The van der Waals surface area contributed by atoms with Crippen LogP contribution in [-0.2, 0) is 16.1 Å². The van der Waals surface area contributed by atoms with Crippen LogP contribution in [0.4, 0.5) is 0 Å². The van der Waals surface area contributed by atoms with Crippen molar-refractivity contribution in [1.29, 1.82) is 0 Å². The Morgan fingerprint density at radius 2 is 2.14 bits per heavy atom. The summed E-state index contributed by atoms with van der Waals surface area (Å²) in [5, 5.41) is 4.83. The first kappa shape index (κ1) is 14.1. The SMILES string of the molecule is CCC1(CC)NC(=O)CN(Cc2cn3ccsc3n2)C1=O. The van der Waals surface area contributed by atoms with E-state index in [1.54, 1.807) is 16.2 Å². The fourth-order valence-electron chi connectivity index (χ4n) is 2.81. The molecule has 1 fully saturated rings. The molecule has 6 nitrogen and oxygen atoms in total. The zero-order valence-corrected chi connectivity index (χ0v) is 12.9. The quantitative estimate of drug-likeness (QED) is 0.929. The molecule has 21 heavy (non-hydrogen) atoms. The third kappa shape index (κ3) is 2.31. The van der Waals surface area contributed by atoms with Crippen molar-refractivity contribution in [3.63, 3.8) is 0 Å². The summed E-state index contributed by atoms with van der Waals surface area (Å²) >= 11 is 1.55. The van der Waals surface area contributed by atoms with Crippen LogP contribution in [0.3, 0.4) is 0 Å². The number of hydrogen-bond acceptors (Lipinski definition) is 4. The summed E-state index contributed by atoms with van der Waals surface area (Å²) in [5.74, 6) is -0.109. The molecule has 3 rings (SSSR count). The van der Waals surface area contributed by atoms with Crippen LogP contribution in [0.5, 0.6) is 0 Å². The predicted molar refractivity (Wildman–Crippen MR) is 79.9 cm³/mol. The number of aromatic nitrogens is 2. The highest BCUT2D eigenvalue weighted by molar-refractivity contribution is 7.15. The van der Waals surface area contributed by atoms with E-state index in [0.29, 0.717) is 19.4 Å². The van der Waals surface area contributed by atoms with Crippen LogP contribution < -0.4 is 5.32 Å². The molecule has 0 aromatic carbocycles. The number of thiazole rings is 1. The molecule has 0 radical (unpaired) electrons. The van der Waals surface area contributed by atoms with E-state index in [1.165, 1.54) is 0 Å². The van der Waals surface area contributed by atoms with Crippen LogP contribution in [0.25, 0.3) is 4.96 Å². The molecular weight excluding hydrogens is 288 g/mol. The first-order valence-electron chi connectivity index (χ1n) is 7.09. The minimum absolute atomic E-state index is 0.0107. The van der Waals surface area contributed by atoms with Crippen molar-refractivity contribution < 1.29 is 9.59 Å². The van der Waals surface area contributed by atoms with Gasteiger partial charge in [0.25, 0.3) is 0 Å². The average Bonchev–Trinajstić information content (AvgIpc) is 3.03. The Morgan fingerprint density at radius 1 is 1.38 bits per heavy atom. The molecule has 2 aromatic rings. The van der Waals surface area contributed by atoms with E-state index >= 15 is 0 Å². The van der Waals surface area contributed by atoms with E-state index in [0.717, 1.165) is 10.7 Å². The smallest absolute Gasteiger partial charge is 0.249 e. The number of rotatable bonds is 4. The number of nitrogens with zero attached hydrogens (tertiary/aromatic N) is 3. The number of nitrogens with one attached hydrogen (secondary N) is 1. The van der Waals surface area contributed by atoms with Crippen LogP contribution in [0.2, 0.25) is 0 Å². The number of carbonyl (C=O) groups is 2. The van der Waals surface area contributed by atoms with E-state index in [1.807, 2.05) is 36.0 Å². The van der Waals surface area contributed by atoms with Crippen molar-refractivity contribution in [2.75, 3.05) is 6.54 Å². The molecule has 0 spiro atoms. The summed E-state index contributed by atoms with van der Waals surface area (Å²) in [6, 6.07) is 0. The van der Waals surface area contributed by atoms with Crippen molar-refractivity contribution in [1.82, 2.24) is 19.6 Å². The lowest BCUT2D eigenvalue weighted by Crippen LogP contribution is -2.65. The molecule has 1 saturated heterocycles. The lowest BCUT2D eigenvalue weighted by atomic mass is 9.89. The molecule has 1 aliphatic heterocycles. The molecule has 1 N–H and O–H groups in total.